The third-order valence-electron chi connectivity index (χ3n) is 1.95. The van der Waals surface area contributed by atoms with Crippen molar-refractivity contribution in [2.75, 3.05) is 0 Å². The van der Waals surface area contributed by atoms with E-state index in [1.54, 1.807) is 19.1 Å². The van der Waals surface area contributed by atoms with Crippen LogP contribution >= 0.6 is 0 Å². The number of benzene rings is 1. The van der Waals surface area contributed by atoms with E-state index in [1.807, 2.05) is 18.2 Å². The molecule has 0 aliphatic carbocycles. The zero-order valence-corrected chi connectivity index (χ0v) is 9.83. The summed E-state index contributed by atoms with van der Waals surface area (Å²) < 4.78 is 0. The molecule has 1 rings (SSSR count). The van der Waals surface area contributed by atoms with Crippen LogP contribution in [0.5, 0.6) is 0 Å². The second-order valence-corrected chi connectivity index (χ2v) is 3.60. The van der Waals surface area contributed by atoms with Crippen molar-refractivity contribution in [3.05, 3.63) is 35.9 Å². The summed E-state index contributed by atoms with van der Waals surface area (Å²) in [6.07, 6.45) is 0. The van der Waals surface area contributed by atoms with Crippen LogP contribution < -0.4 is 5.73 Å². The molecule has 1 aromatic rings. The van der Waals surface area contributed by atoms with Gasteiger partial charge in [-0.2, -0.15) is 0 Å². The van der Waals surface area contributed by atoms with E-state index in [-0.39, 0.29) is 6.04 Å². The van der Waals surface area contributed by atoms with E-state index in [0.29, 0.717) is 0 Å². The van der Waals surface area contributed by atoms with Gasteiger partial charge in [0.15, 0.2) is 0 Å². The van der Waals surface area contributed by atoms with E-state index >= 15 is 0 Å². The Bertz CT molecular complexity index is 358. The monoisotopic (exact) mass is 239 g/mol. The van der Waals surface area contributed by atoms with Crippen LogP contribution in [0.15, 0.2) is 30.3 Å². The Balaban J connectivity index is 0.000000557. The predicted octanol–water partition coefficient (Wildman–Crippen LogP) is 1.29. The molecule has 94 valence electrons. The molecule has 4 N–H and O–H groups in total. The maximum absolute atomic E-state index is 10.9. The molecular formula is C12H17NO4. The van der Waals surface area contributed by atoms with Crippen LogP contribution in [0.2, 0.25) is 0 Å². The number of carbonyl (C=O) groups is 2. The summed E-state index contributed by atoms with van der Waals surface area (Å²) in [5, 5.41) is 16.3. The van der Waals surface area contributed by atoms with Crippen LogP contribution in [-0.2, 0) is 9.59 Å². The molecular weight excluding hydrogens is 222 g/mol. The van der Waals surface area contributed by atoms with E-state index in [9.17, 15) is 4.79 Å². The zero-order chi connectivity index (χ0) is 13.4. The van der Waals surface area contributed by atoms with Crippen molar-refractivity contribution in [2.24, 2.45) is 5.73 Å². The van der Waals surface area contributed by atoms with Crippen molar-refractivity contribution < 1.29 is 19.8 Å². The molecule has 5 nitrogen and oxygen atoms in total. The molecule has 0 heterocycles. The fraction of sp³-hybridized carbons (Fsp3) is 0.333. The lowest BCUT2D eigenvalue weighted by Gasteiger charge is -2.15. The number of aliphatic carboxylic acids is 2. The molecule has 0 radical (unpaired) electrons. The van der Waals surface area contributed by atoms with Gasteiger partial charge in [0.25, 0.3) is 5.97 Å². The van der Waals surface area contributed by atoms with Crippen molar-refractivity contribution in [3.8, 4) is 0 Å². The van der Waals surface area contributed by atoms with Gasteiger partial charge in [-0.05, 0) is 12.5 Å². The molecule has 0 aromatic heterocycles. The first kappa shape index (κ1) is 15.1. The van der Waals surface area contributed by atoms with Gasteiger partial charge in [0.05, 0.1) is 5.92 Å². The molecule has 0 fully saturated rings. The van der Waals surface area contributed by atoms with Crippen LogP contribution in [0.4, 0.5) is 0 Å². The molecule has 0 spiro atoms. The Morgan fingerprint density at radius 2 is 1.59 bits per heavy atom. The molecule has 0 bridgehead atoms. The van der Waals surface area contributed by atoms with Crippen LogP contribution in [0.25, 0.3) is 0 Å². The van der Waals surface area contributed by atoms with Crippen LogP contribution in [-0.4, -0.2) is 28.2 Å². The Labute approximate surface area is 99.9 Å². The molecule has 0 saturated heterocycles. The molecule has 17 heavy (non-hydrogen) atoms. The quantitative estimate of drug-likeness (QED) is 0.738. The molecule has 0 saturated carbocycles. The normalized spacial score (nSPS) is 12.9. The summed E-state index contributed by atoms with van der Waals surface area (Å²) in [6.45, 7) is 2.78. The van der Waals surface area contributed by atoms with Crippen LogP contribution in [0.3, 0.4) is 0 Å². The minimum atomic E-state index is -0.874. The smallest absolute Gasteiger partial charge is 0.312 e. The molecule has 2 atom stereocenters. The minimum absolute atomic E-state index is 0.375. The highest BCUT2D eigenvalue weighted by atomic mass is 16.4. The van der Waals surface area contributed by atoms with Crippen molar-refractivity contribution in [1.82, 2.24) is 0 Å². The zero-order valence-electron chi connectivity index (χ0n) is 9.83. The van der Waals surface area contributed by atoms with E-state index in [0.717, 1.165) is 12.5 Å². The maximum Gasteiger partial charge on any atom is 0.312 e. The van der Waals surface area contributed by atoms with Crippen molar-refractivity contribution in [3.63, 3.8) is 0 Å². The maximum atomic E-state index is 10.9. The van der Waals surface area contributed by atoms with Crippen molar-refractivity contribution >= 4 is 11.9 Å². The lowest BCUT2D eigenvalue weighted by Crippen LogP contribution is -2.30. The summed E-state index contributed by atoms with van der Waals surface area (Å²) in [4.78, 5) is 19.9. The van der Waals surface area contributed by atoms with Crippen LogP contribution in [0, 0.1) is 0 Å². The first-order valence-corrected chi connectivity index (χ1v) is 5.09. The summed E-state index contributed by atoms with van der Waals surface area (Å²) in [7, 11) is 0. The number of rotatable bonds is 3. The van der Waals surface area contributed by atoms with E-state index < -0.39 is 17.9 Å². The fourth-order valence-electron chi connectivity index (χ4n) is 1.33. The van der Waals surface area contributed by atoms with Gasteiger partial charge in [-0.25, -0.2) is 0 Å². The van der Waals surface area contributed by atoms with Gasteiger partial charge in [0, 0.05) is 13.0 Å². The third kappa shape index (κ3) is 6.32. The number of nitrogens with two attached hydrogens (primary N) is 1. The topological polar surface area (TPSA) is 101 Å². The van der Waals surface area contributed by atoms with Gasteiger partial charge in [0.2, 0.25) is 0 Å². The van der Waals surface area contributed by atoms with Gasteiger partial charge < -0.3 is 15.9 Å². The van der Waals surface area contributed by atoms with E-state index in [2.05, 4.69) is 0 Å². The van der Waals surface area contributed by atoms with E-state index in [4.69, 9.17) is 20.7 Å². The number of carboxylic acid groups (broad SMARTS) is 2. The highest BCUT2D eigenvalue weighted by molar-refractivity contribution is 5.76. The Hall–Kier alpha value is -1.88. The SMILES string of the molecule is CC(=O)O.C[C@@H](N)C(C(=O)O)c1ccccc1. The molecule has 1 unspecified atom stereocenters. The number of hydrogen-bond acceptors (Lipinski definition) is 3. The largest absolute Gasteiger partial charge is 0.481 e. The van der Waals surface area contributed by atoms with Gasteiger partial charge >= 0.3 is 5.97 Å². The van der Waals surface area contributed by atoms with Crippen molar-refractivity contribution in [2.45, 2.75) is 25.8 Å². The fourth-order valence-corrected chi connectivity index (χ4v) is 1.33. The lowest BCUT2D eigenvalue weighted by atomic mass is 9.93. The van der Waals surface area contributed by atoms with Gasteiger partial charge in [-0.1, -0.05) is 30.3 Å². The first-order valence-electron chi connectivity index (χ1n) is 5.09. The van der Waals surface area contributed by atoms with Crippen LogP contribution in [0.1, 0.15) is 25.3 Å². The average molecular weight is 239 g/mol. The van der Waals surface area contributed by atoms with Gasteiger partial charge in [-0.3, -0.25) is 9.59 Å². The van der Waals surface area contributed by atoms with Gasteiger partial charge in [0.1, 0.15) is 0 Å². The van der Waals surface area contributed by atoms with Crippen molar-refractivity contribution in [1.29, 1.82) is 0 Å². The summed E-state index contributed by atoms with van der Waals surface area (Å²) >= 11 is 0. The Kier molecular flexibility index (Phi) is 6.58. The highest BCUT2D eigenvalue weighted by Crippen LogP contribution is 2.18. The summed E-state index contributed by atoms with van der Waals surface area (Å²) in [5.74, 6) is -2.32. The molecule has 1 aromatic carbocycles. The second-order valence-electron chi connectivity index (χ2n) is 3.60. The first-order chi connectivity index (χ1) is 7.86. The Morgan fingerprint density at radius 1 is 1.18 bits per heavy atom. The molecule has 0 amide bonds. The number of hydrogen-bond donors (Lipinski definition) is 3. The predicted molar refractivity (Wildman–Crippen MR) is 63.8 cm³/mol. The third-order valence-corrected chi connectivity index (χ3v) is 1.95. The molecule has 0 aliphatic heterocycles. The lowest BCUT2D eigenvalue weighted by molar-refractivity contribution is -0.139. The second kappa shape index (κ2) is 7.40. The number of carboxylic acids is 2. The standard InChI is InChI=1S/C10H13NO2.C2H4O2/c1-7(11)9(10(12)13)8-5-3-2-4-6-8;1-2(3)4/h2-7,9H,11H2,1H3,(H,12,13);1H3,(H,3,4)/t7-,9?;/m1./s1. The minimum Gasteiger partial charge on any atom is -0.481 e. The highest BCUT2D eigenvalue weighted by Gasteiger charge is 2.23. The van der Waals surface area contributed by atoms with Gasteiger partial charge in [-0.15, -0.1) is 0 Å². The van der Waals surface area contributed by atoms with E-state index in [1.165, 1.54) is 0 Å². The molecule has 0 aliphatic rings. The summed E-state index contributed by atoms with van der Waals surface area (Å²) in [5.41, 5.74) is 6.34. The molecule has 5 heteroatoms. The Morgan fingerprint density at radius 3 is 1.88 bits per heavy atom. The average Bonchev–Trinajstić information content (AvgIpc) is 2.17. The summed E-state index contributed by atoms with van der Waals surface area (Å²) in [6, 6.07) is 8.66.